The topological polar surface area (TPSA) is 61.3 Å². The summed E-state index contributed by atoms with van der Waals surface area (Å²) in [5, 5.41) is 21.7. The first-order valence-electron chi connectivity index (χ1n) is 7.79. The number of nitrogens with one attached hydrogen (secondary N) is 1. The van der Waals surface area contributed by atoms with Gasteiger partial charge in [-0.25, -0.2) is 0 Å². The lowest BCUT2D eigenvalue weighted by molar-refractivity contribution is 0.0474. The summed E-state index contributed by atoms with van der Waals surface area (Å²) in [7, 11) is 0. The minimum Gasteiger partial charge on any atom is -0.392 e. The number of anilines is 1. The predicted octanol–water partition coefficient (Wildman–Crippen LogP) is 0.903. The number of aliphatic hydroxyl groups is 1. The smallest absolute Gasteiger partial charge is 0.151 e. The Morgan fingerprint density at radius 1 is 1.15 bits per heavy atom. The molecule has 0 aromatic carbocycles. The Balaban J connectivity index is 1.23. The predicted molar refractivity (Wildman–Crippen MR) is 76.7 cm³/mol. The highest BCUT2D eigenvalue weighted by Gasteiger charge is 2.32. The Kier molecular flexibility index (Phi) is 3.11. The second kappa shape index (κ2) is 4.97. The van der Waals surface area contributed by atoms with Crippen LogP contribution in [0.5, 0.6) is 0 Å². The number of aliphatic hydroxyl groups excluding tert-OH is 1. The van der Waals surface area contributed by atoms with E-state index < -0.39 is 0 Å². The van der Waals surface area contributed by atoms with Crippen LogP contribution in [0.2, 0.25) is 0 Å². The zero-order chi connectivity index (χ0) is 13.5. The van der Waals surface area contributed by atoms with Gasteiger partial charge in [0.05, 0.1) is 11.8 Å². The molecular formula is C15H22N4O. The molecule has 3 aliphatic rings. The van der Waals surface area contributed by atoms with Gasteiger partial charge >= 0.3 is 0 Å². The fourth-order valence-corrected chi connectivity index (χ4v) is 3.03. The number of hydrogen-bond donors (Lipinski definition) is 2. The van der Waals surface area contributed by atoms with Crippen LogP contribution in [0, 0.1) is 5.92 Å². The van der Waals surface area contributed by atoms with Crippen LogP contribution in [0.15, 0.2) is 12.1 Å². The lowest BCUT2D eigenvalue weighted by Gasteiger charge is -2.42. The molecule has 1 aromatic heterocycles. The molecule has 0 radical (unpaired) electrons. The van der Waals surface area contributed by atoms with Gasteiger partial charge < -0.3 is 15.3 Å². The fraction of sp³-hybridized carbons (Fsp3) is 0.733. The summed E-state index contributed by atoms with van der Waals surface area (Å²) < 4.78 is 0. The van der Waals surface area contributed by atoms with Gasteiger partial charge in [-0.1, -0.05) is 0 Å². The second-order valence-electron chi connectivity index (χ2n) is 6.52. The van der Waals surface area contributed by atoms with Crippen LogP contribution in [0.1, 0.15) is 37.3 Å². The first kappa shape index (κ1) is 12.5. The first-order chi connectivity index (χ1) is 9.79. The minimum atomic E-state index is -0.119. The van der Waals surface area contributed by atoms with E-state index >= 15 is 0 Å². The molecule has 20 heavy (non-hydrogen) atoms. The average molecular weight is 274 g/mol. The Hall–Kier alpha value is -1.20. The van der Waals surface area contributed by atoms with E-state index in [1.807, 2.05) is 0 Å². The van der Waals surface area contributed by atoms with Crippen molar-refractivity contribution >= 4 is 5.82 Å². The molecule has 1 aliphatic heterocycles. The molecule has 5 heteroatoms. The van der Waals surface area contributed by atoms with Crippen molar-refractivity contribution in [3.63, 3.8) is 0 Å². The summed E-state index contributed by atoms with van der Waals surface area (Å²) in [5.74, 6) is 2.36. The number of nitrogens with zero attached hydrogens (tertiary/aromatic N) is 3. The van der Waals surface area contributed by atoms with Crippen molar-refractivity contribution in [1.29, 1.82) is 0 Å². The zero-order valence-corrected chi connectivity index (χ0v) is 11.7. The van der Waals surface area contributed by atoms with E-state index in [-0.39, 0.29) is 6.10 Å². The summed E-state index contributed by atoms with van der Waals surface area (Å²) >= 11 is 0. The Morgan fingerprint density at radius 2 is 2.00 bits per heavy atom. The van der Waals surface area contributed by atoms with Crippen LogP contribution in [-0.4, -0.2) is 47.1 Å². The summed E-state index contributed by atoms with van der Waals surface area (Å²) in [6, 6.07) is 4.58. The van der Waals surface area contributed by atoms with Gasteiger partial charge in [-0.15, -0.1) is 5.10 Å². The number of hydrogen-bond acceptors (Lipinski definition) is 5. The highest BCUT2D eigenvalue weighted by atomic mass is 16.3. The van der Waals surface area contributed by atoms with E-state index in [1.54, 1.807) is 0 Å². The van der Waals surface area contributed by atoms with Crippen molar-refractivity contribution in [1.82, 2.24) is 15.5 Å². The Morgan fingerprint density at radius 3 is 2.55 bits per heavy atom. The molecule has 2 heterocycles. The molecule has 1 saturated heterocycles. The van der Waals surface area contributed by atoms with Crippen molar-refractivity contribution in [3.05, 3.63) is 17.8 Å². The van der Waals surface area contributed by atoms with E-state index in [1.165, 1.54) is 12.8 Å². The maximum atomic E-state index is 9.53. The molecule has 0 spiro atoms. The van der Waals surface area contributed by atoms with Gasteiger partial charge in [0.2, 0.25) is 0 Å². The quantitative estimate of drug-likeness (QED) is 0.835. The monoisotopic (exact) mass is 274 g/mol. The number of aromatic nitrogens is 2. The second-order valence-corrected chi connectivity index (χ2v) is 6.52. The van der Waals surface area contributed by atoms with Gasteiger partial charge in [0.1, 0.15) is 0 Å². The maximum Gasteiger partial charge on any atom is 0.151 e. The van der Waals surface area contributed by atoms with Crippen molar-refractivity contribution in [2.24, 2.45) is 5.92 Å². The van der Waals surface area contributed by atoms with E-state index in [9.17, 15) is 5.11 Å². The third-order valence-electron chi connectivity index (χ3n) is 4.85. The molecule has 2 saturated carbocycles. The van der Waals surface area contributed by atoms with Gasteiger partial charge in [0.25, 0.3) is 0 Å². The normalized spacial score (nSPS) is 29.9. The van der Waals surface area contributed by atoms with Crippen molar-refractivity contribution in [2.75, 3.05) is 24.5 Å². The Bertz CT molecular complexity index is 467. The summed E-state index contributed by atoms with van der Waals surface area (Å²) in [6.45, 7) is 3.10. The van der Waals surface area contributed by atoms with E-state index in [4.69, 9.17) is 0 Å². The van der Waals surface area contributed by atoms with E-state index in [2.05, 4.69) is 32.5 Å². The third kappa shape index (κ3) is 2.40. The standard InChI is InChI=1S/C15H22N4O/c20-14-5-3-13(14)16-7-10-8-19(9-10)15-6-4-12(17-18-15)11-1-2-11/h4,6,10-11,13-14,16,20H,1-3,5,7-9H2. The van der Waals surface area contributed by atoms with Crippen LogP contribution in [-0.2, 0) is 0 Å². The summed E-state index contributed by atoms with van der Waals surface area (Å²) in [6.07, 6.45) is 4.51. The van der Waals surface area contributed by atoms with Crippen LogP contribution in [0.3, 0.4) is 0 Å². The molecule has 0 bridgehead atoms. The van der Waals surface area contributed by atoms with Crippen molar-refractivity contribution in [3.8, 4) is 0 Å². The number of rotatable bonds is 5. The first-order valence-corrected chi connectivity index (χ1v) is 7.79. The van der Waals surface area contributed by atoms with Crippen molar-refractivity contribution in [2.45, 2.75) is 43.7 Å². The van der Waals surface area contributed by atoms with E-state index in [0.29, 0.717) is 17.9 Å². The molecule has 0 amide bonds. The molecule has 5 nitrogen and oxygen atoms in total. The van der Waals surface area contributed by atoms with Crippen LogP contribution >= 0.6 is 0 Å². The van der Waals surface area contributed by atoms with Crippen LogP contribution in [0.25, 0.3) is 0 Å². The molecule has 2 atom stereocenters. The largest absolute Gasteiger partial charge is 0.392 e. The molecule has 4 rings (SSSR count). The van der Waals surface area contributed by atoms with Gasteiger partial charge in [-0.05, 0) is 37.8 Å². The highest BCUT2D eigenvalue weighted by Crippen LogP contribution is 2.38. The summed E-state index contributed by atoms with van der Waals surface area (Å²) in [4.78, 5) is 2.28. The average Bonchev–Trinajstić information content (AvgIpc) is 3.24. The third-order valence-corrected chi connectivity index (χ3v) is 4.85. The molecule has 2 aliphatic carbocycles. The molecule has 1 aromatic rings. The summed E-state index contributed by atoms with van der Waals surface area (Å²) in [5.41, 5.74) is 1.16. The van der Waals surface area contributed by atoms with Crippen molar-refractivity contribution < 1.29 is 5.11 Å². The SMILES string of the molecule is OC1CCC1NCC1CN(c2ccc(C3CC3)nn2)C1. The molecule has 3 fully saturated rings. The van der Waals surface area contributed by atoms with Crippen LogP contribution in [0.4, 0.5) is 5.82 Å². The van der Waals surface area contributed by atoms with Gasteiger partial charge in [-0.3, -0.25) is 0 Å². The molecule has 108 valence electrons. The molecule has 2 unspecified atom stereocenters. The van der Waals surface area contributed by atoms with Crippen LogP contribution < -0.4 is 10.2 Å². The highest BCUT2D eigenvalue weighted by molar-refractivity contribution is 5.41. The molecule has 2 N–H and O–H groups in total. The maximum absolute atomic E-state index is 9.53. The lowest BCUT2D eigenvalue weighted by Crippen LogP contribution is -2.55. The van der Waals surface area contributed by atoms with Gasteiger partial charge in [0, 0.05) is 37.5 Å². The van der Waals surface area contributed by atoms with E-state index in [0.717, 1.165) is 44.0 Å². The van der Waals surface area contributed by atoms with Gasteiger partial charge in [0.15, 0.2) is 5.82 Å². The minimum absolute atomic E-state index is 0.119. The zero-order valence-electron chi connectivity index (χ0n) is 11.7. The Labute approximate surface area is 119 Å². The van der Waals surface area contributed by atoms with Gasteiger partial charge in [-0.2, -0.15) is 5.10 Å². The lowest BCUT2D eigenvalue weighted by atomic mass is 9.88. The molecular weight excluding hydrogens is 252 g/mol. The fourth-order valence-electron chi connectivity index (χ4n) is 3.03.